The van der Waals surface area contributed by atoms with Gasteiger partial charge in [-0.1, -0.05) is 13.8 Å². The Morgan fingerprint density at radius 2 is 2.13 bits per heavy atom. The molecular formula is C11H14O4. The molecule has 0 bridgehead atoms. The summed E-state index contributed by atoms with van der Waals surface area (Å²) in [6.45, 7) is 4.54. The van der Waals surface area contributed by atoms with Gasteiger partial charge in [-0.2, -0.15) is 0 Å². The molecule has 15 heavy (non-hydrogen) atoms. The Morgan fingerprint density at radius 1 is 1.47 bits per heavy atom. The van der Waals surface area contributed by atoms with Crippen molar-refractivity contribution < 1.29 is 19.7 Å². The van der Waals surface area contributed by atoms with Crippen LogP contribution >= 0.6 is 0 Å². The number of ether oxygens (including phenoxy) is 1. The van der Waals surface area contributed by atoms with Crippen LogP contribution in [0.1, 0.15) is 24.2 Å². The lowest BCUT2D eigenvalue weighted by Gasteiger charge is -2.09. The van der Waals surface area contributed by atoms with Crippen LogP contribution < -0.4 is 4.74 Å². The molecule has 0 spiro atoms. The van der Waals surface area contributed by atoms with Crippen LogP contribution in [0.5, 0.6) is 11.5 Å². The Hall–Kier alpha value is -1.71. The van der Waals surface area contributed by atoms with Crippen molar-refractivity contribution >= 4 is 5.97 Å². The molecule has 0 aliphatic carbocycles. The molecule has 0 aliphatic rings. The van der Waals surface area contributed by atoms with E-state index in [2.05, 4.69) is 0 Å². The summed E-state index contributed by atoms with van der Waals surface area (Å²) < 4.78 is 5.33. The summed E-state index contributed by atoms with van der Waals surface area (Å²) >= 11 is 0. The Labute approximate surface area is 88.1 Å². The lowest BCUT2D eigenvalue weighted by atomic mass is 10.2. The molecule has 0 saturated carbocycles. The zero-order valence-electron chi connectivity index (χ0n) is 8.73. The van der Waals surface area contributed by atoms with E-state index in [1.54, 1.807) is 0 Å². The van der Waals surface area contributed by atoms with E-state index in [0.717, 1.165) is 0 Å². The van der Waals surface area contributed by atoms with Gasteiger partial charge >= 0.3 is 5.97 Å². The van der Waals surface area contributed by atoms with Crippen molar-refractivity contribution in [3.05, 3.63) is 23.8 Å². The fraction of sp³-hybridized carbons (Fsp3) is 0.364. The van der Waals surface area contributed by atoms with E-state index >= 15 is 0 Å². The second-order valence-corrected chi connectivity index (χ2v) is 3.69. The lowest BCUT2D eigenvalue weighted by Crippen LogP contribution is -2.05. The number of hydrogen-bond acceptors (Lipinski definition) is 3. The highest BCUT2D eigenvalue weighted by Gasteiger charge is 2.10. The van der Waals surface area contributed by atoms with Gasteiger partial charge in [-0.15, -0.1) is 0 Å². The van der Waals surface area contributed by atoms with Crippen molar-refractivity contribution in [2.24, 2.45) is 5.92 Å². The molecule has 4 heteroatoms. The van der Waals surface area contributed by atoms with E-state index in [9.17, 15) is 9.90 Å². The van der Waals surface area contributed by atoms with Crippen molar-refractivity contribution in [1.29, 1.82) is 0 Å². The van der Waals surface area contributed by atoms with Crippen LogP contribution in [0.25, 0.3) is 0 Å². The summed E-state index contributed by atoms with van der Waals surface area (Å²) in [7, 11) is 0. The van der Waals surface area contributed by atoms with Crippen molar-refractivity contribution in [2.75, 3.05) is 6.61 Å². The van der Waals surface area contributed by atoms with Gasteiger partial charge in [0.2, 0.25) is 0 Å². The van der Waals surface area contributed by atoms with Gasteiger partial charge in [0.05, 0.1) is 6.61 Å². The van der Waals surface area contributed by atoms with Gasteiger partial charge in [-0.25, -0.2) is 4.79 Å². The van der Waals surface area contributed by atoms with Gasteiger partial charge in [0.25, 0.3) is 0 Å². The van der Waals surface area contributed by atoms with Gasteiger partial charge < -0.3 is 14.9 Å². The molecule has 1 rings (SSSR count). The molecule has 0 atom stereocenters. The second kappa shape index (κ2) is 4.68. The van der Waals surface area contributed by atoms with E-state index < -0.39 is 5.97 Å². The van der Waals surface area contributed by atoms with Gasteiger partial charge in [0, 0.05) is 6.07 Å². The molecule has 0 radical (unpaired) electrons. The topological polar surface area (TPSA) is 66.8 Å². The molecule has 0 saturated heterocycles. The number of benzene rings is 1. The number of hydrogen-bond donors (Lipinski definition) is 2. The van der Waals surface area contributed by atoms with Crippen LogP contribution in [0.15, 0.2) is 18.2 Å². The van der Waals surface area contributed by atoms with Crippen molar-refractivity contribution in [2.45, 2.75) is 13.8 Å². The molecule has 1 aromatic rings. The third kappa shape index (κ3) is 3.16. The number of aromatic hydroxyl groups is 1. The van der Waals surface area contributed by atoms with Crippen LogP contribution in [0.4, 0.5) is 0 Å². The van der Waals surface area contributed by atoms with Crippen LogP contribution in [0, 0.1) is 5.92 Å². The zero-order valence-corrected chi connectivity index (χ0v) is 8.73. The highest BCUT2D eigenvalue weighted by atomic mass is 16.5. The molecule has 0 fully saturated rings. The van der Waals surface area contributed by atoms with Crippen molar-refractivity contribution in [1.82, 2.24) is 0 Å². The molecule has 82 valence electrons. The molecule has 0 unspecified atom stereocenters. The minimum atomic E-state index is -1.15. The minimum Gasteiger partial charge on any atom is -0.507 e. The van der Waals surface area contributed by atoms with Crippen molar-refractivity contribution in [3.8, 4) is 11.5 Å². The molecule has 1 aromatic carbocycles. The standard InChI is InChI=1S/C11H14O4/c1-7(2)6-15-8-3-4-9(11(13)14)10(12)5-8/h3-5,7,12H,6H2,1-2H3,(H,13,14). The zero-order chi connectivity index (χ0) is 11.4. The molecular weight excluding hydrogens is 196 g/mol. The highest BCUT2D eigenvalue weighted by Crippen LogP contribution is 2.23. The summed E-state index contributed by atoms with van der Waals surface area (Å²) in [5.74, 6) is -0.566. The number of carboxylic acids is 1. The number of carbonyl (C=O) groups is 1. The normalized spacial score (nSPS) is 10.3. The maximum atomic E-state index is 10.6. The first-order chi connectivity index (χ1) is 7.00. The Bertz CT molecular complexity index is 358. The second-order valence-electron chi connectivity index (χ2n) is 3.69. The van der Waals surface area contributed by atoms with Crippen LogP contribution in [0.2, 0.25) is 0 Å². The van der Waals surface area contributed by atoms with Crippen LogP contribution in [-0.2, 0) is 0 Å². The summed E-state index contributed by atoms with van der Waals surface area (Å²) in [5.41, 5.74) is -0.119. The van der Waals surface area contributed by atoms with Crippen LogP contribution in [-0.4, -0.2) is 22.8 Å². The maximum absolute atomic E-state index is 10.6. The number of phenols is 1. The Balaban J connectivity index is 2.78. The minimum absolute atomic E-state index is 0.119. The third-order valence-corrected chi connectivity index (χ3v) is 1.78. The fourth-order valence-corrected chi connectivity index (χ4v) is 1.04. The largest absolute Gasteiger partial charge is 0.507 e. The van der Waals surface area contributed by atoms with E-state index in [-0.39, 0.29) is 11.3 Å². The molecule has 2 N–H and O–H groups in total. The van der Waals surface area contributed by atoms with Gasteiger partial charge in [0.1, 0.15) is 17.1 Å². The Kier molecular flexibility index (Phi) is 3.55. The van der Waals surface area contributed by atoms with Crippen LogP contribution in [0.3, 0.4) is 0 Å². The van der Waals surface area contributed by atoms with E-state index in [1.165, 1.54) is 18.2 Å². The number of aromatic carboxylic acids is 1. The monoisotopic (exact) mass is 210 g/mol. The smallest absolute Gasteiger partial charge is 0.339 e. The summed E-state index contributed by atoms with van der Waals surface area (Å²) in [6.07, 6.45) is 0. The average molecular weight is 210 g/mol. The fourth-order valence-electron chi connectivity index (χ4n) is 1.04. The molecule has 0 amide bonds. The predicted molar refractivity (Wildman–Crippen MR) is 55.4 cm³/mol. The number of carboxylic acid groups (broad SMARTS) is 1. The van der Waals surface area contributed by atoms with Gasteiger partial charge in [-0.05, 0) is 18.1 Å². The summed E-state index contributed by atoms with van der Waals surface area (Å²) in [5, 5.41) is 18.0. The average Bonchev–Trinajstić information content (AvgIpc) is 2.14. The van der Waals surface area contributed by atoms with Gasteiger partial charge in [-0.3, -0.25) is 0 Å². The maximum Gasteiger partial charge on any atom is 0.339 e. The summed E-state index contributed by atoms with van der Waals surface area (Å²) in [4.78, 5) is 10.6. The molecule has 0 aromatic heterocycles. The third-order valence-electron chi connectivity index (χ3n) is 1.78. The Morgan fingerprint density at radius 3 is 2.60 bits per heavy atom. The van der Waals surface area contributed by atoms with Crippen molar-refractivity contribution in [3.63, 3.8) is 0 Å². The molecule has 0 heterocycles. The lowest BCUT2D eigenvalue weighted by molar-refractivity contribution is 0.0693. The predicted octanol–water partition coefficient (Wildman–Crippen LogP) is 2.13. The first kappa shape index (κ1) is 11.4. The highest BCUT2D eigenvalue weighted by molar-refractivity contribution is 5.90. The number of rotatable bonds is 4. The van der Waals surface area contributed by atoms with E-state index in [0.29, 0.717) is 18.3 Å². The molecule has 4 nitrogen and oxygen atoms in total. The summed E-state index contributed by atoms with van der Waals surface area (Å²) in [6, 6.07) is 4.17. The molecule has 0 aliphatic heterocycles. The van der Waals surface area contributed by atoms with E-state index in [1.807, 2.05) is 13.8 Å². The first-order valence-electron chi connectivity index (χ1n) is 4.70. The quantitative estimate of drug-likeness (QED) is 0.798. The first-order valence-corrected chi connectivity index (χ1v) is 4.70. The SMILES string of the molecule is CC(C)COc1ccc(C(=O)O)c(O)c1. The van der Waals surface area contributed by atoms with E-state index in [4.69, 9.17) is 9.84 Å². The van der Waals surface area contributed by atoms with Gasteiger partial charge in [0.15, 0.2) is 0 Å².